The normalized spacial score (nSPS) is 11.6. The van der Waals surface area contributed by atoms with Crippen LogP contribution in [-0.4, -0.2) is 36.2 Å². The van der Waals surface area contributed by atoms with Gasteiger partial charge in [-0.15, -0.1) is 0 Å². The van der Waals surface area contributed by atoms with Crippen molar-refractivity contribution < 1.29 is 24.2 Å². The Bertz CT molecular complexity index is 530. The van der Waals surface area contributed by atoms with Crippen LogP contribution >= 0.6 is 0 Å². The van der Waals surface area contributed by atoms with Gasteiger partial charge in [0.1, 0.15) is 6.04 Å². The van der Waals surface area contributed by atoms with Crippen molar-refractivity contribution >= 4 is 11.9 Å². The van der Waals surface area contributed by atoms with E-state index in [9.17, 15) is 9.59 Å². The number of ether oxygens (including phenoxy) is 2. The number of unbranched alkanes of at least 4 members (excludes halogenated alkanes) is 1. The predicted molar refractivity (Wildman–Crippen MR) is 87.2 cm³/mol. The molecule has 0 bridgehead atoms. The molecule has 0 aliphatic heterocycles. The molecule has 1 aromatic carbocycles. The zero-order valence-electron chi connectivity index (χ0n) is 13.9. The Kier molecular flexibility index (Phi) is 7.94. The van der Waals surface area contributed by atoms with Crippen LogP contribution in [0.3, 0.4) is 0 Å². The van der Waals surface area contributed by atoms with E-state index >= 15 is 0 Å². The second-order valence-electron chi connectivity index (χ2n) is 5.07. The highest BCUT2D eigenvalue weighted by Gasteiger charge is 2.19. The summed E-state index contributed by atoms with van der Waals surface area (Å²) in [6.07, 6.45) is 2.28. The van der Waals surface area contributed by atoms with Crippen molar-refractivity contribution in [1.29, 1.82) is 0 Å². The van der Waals surface area contributed by atoms with Crippen LogP contribution in [0.4, 0.5) is 0 Å². The van der Waals surface area contributed by atoms with Gasteiger partial charge < -0.3 is 19.9 Å². The molecule has 0 heterocycles. The maximum Gasteiger partial charge on any atom is 0.326 e. The minimum absolute atomic E-state index is 0.317. The number of amides is 1. The summed E-state index contributed by atoms with van der Waals surface area (Å²) in [5.74, 6) is -0.424. The third-order valence-electron chi connectivity index (χ3n) is 3.27. The Morgan fingerprint density at radius 3 is 2.48 bits per heavy atom. The van der Waals surface area contributed by atoms with Crippen LogP contribution in [0.1, 0.15) is 50.4 Å². The van der Waals surface area contributed by atoms with Crippen LogP contribution < -0.4 is 14.8 Å². The Labute approximate surface area is 136 Å². The quantitative estimate of drug-likeness (QED) is 0.647. The van der Waals surface area contributed by atoms with Gasteiger partial charge in [-0.1, -0.05) is 20.3 Å². The number of carboxylic acid groups (broad SMARTS) is 1. The lowest BCUT2D eigenvalue weighted by atomic mass is 10.1. The molecule has 1 aromatic rings. The monoisotopic (exact) mass is 323 g/mol. The Morgan fingerprint density at radius 2 is 1.91 bits per heavy atom. The summed E-state index contributed by atoms with van der Waals surface area (Å²) in [5.41, 5.74) is 0.344. The summed E-state index contributed by atoms with van der Waals surface area (Å²) in [4.78, 5) is 23.2. The standard InChI is InChI=1S/C17H25NO5/c1-4-7-10-23-14-9-8-12(11-15(14)22-6-3)16(19)18-13(5-2)17(20)21/h8-9,11,13H,4-7,10H2,1-3H3,(H,18,19)(H,20,21). The Hall–Kier alpha value is -2.24. The third kappa shape index (κ3) is 5.81. The Balaban J connectivity index is 2.88. The van der Waals surface area contributed by atoms with E-state index in [2.05, 4.69) is 12.2 Å². The van der Waals surface area contributed by atoms with Gasteiger partial charge >= 0.3 is 5.97 Å². The first-order valence-electron chi connectivity index (χ1n) is 7.96. The molecule has 0 saturated carbocycles. The van der Waals surface area contributed by atoms with Crippen molar-refractivity contribution in [1.82, 2.24) is 5.32 Å². The lowest BCUT2D eigenvalue weighted by Crippen LogP contribution is -2.40. The van der Waals surface area contributed by atoms with Crippen LogP contribution in [0, 0.1) is 0 Å². The van der Waals surface area contributed by atoms with Crippen LogP contribution in [0.2, 0.25) is 0 Å². The average Bonchev–Trinajstić information content (AvgIpc) is 2.53. The third-order valence-corrected chi connectivity index (χ3v) is 3.27. The fourth-order valence-corrected chi connectivity index (χ4v) is 1.94. The number of aliphatic carboxylic acids is 1. The van der Waals surface area contributed by atoms with Gasteiger partial charge in [-0.25, -0.2) is 4.79 Å². The van der Waals surface area contributed by atoms with E-state index < -0.39 is 17.9 Å². The molecule has 6 nitrogen and oxygen atoms in total. The van der Waals surface area contributed by atoms with E-state index in [0.717, 1.165) is 12.8 Å². The summed E-state index contributed by atoms with van der Waals surface area (Å²) in [6, 6.07) is 3.96. The molecule has 0 aliphatic rings. The summed E-state index contributed by atoms with van der Waals surface area (Å²) >= 11 is 0. The van der Waals surface area contributed by atoms with Crippen molar-refractivity contribution in [2.75, 3.05) is 13.2 Å². The second-order valence-corrected chi connectivity index (χ2v) is 5.07. The van der Waals surface area contributed by atoms with Crippen molar-refractivity contribution in [3.05, 3.63) is 23.8 Å². The number of carboxylic acids is 1. The maximum atomic E-state index is 12.2. The van der Waals surface area contributed by atoms with Crippen LogP contribution in [0.15, 0.2) is 18.2 Å². The molecule has 0 radical (unpaired) electrons. The molecule has 128 valence electrons. The molecular formula is C17H25NO5. The molecule has 1 atom stereocenters. The van der Waals surface area contributed by atoms with Crippen LogP contribution in [-0.2, 0) is 4.79 Å². The fourth-order valence-electron chi connectivity index (χ4n) is 1.94. The largest absolute Gasteiger partial charge is 0.490 e. The first kappa shape index (κ1) is 18.8. The van der Waals surface area contributed by atoms with Crippen molar-refractivity contribution in [2.24, 2.45) is 0 Å². The maximum absolute atomic E-state index is 12.2. The molecular weight excluding hydrogens is 298 g/mol. The summed E-state index contributed by atoms with van der Waals surface area (Å²) in [5, 5.41) is 11.5. The van der Waals surface area contributed by atoms with E-state index in [4.69, 9.17) is 14.6 Å². The number of nitrogens with one attached hydrogen (secondary N) is 1. The molecule has 0 saturated heterocycles. The number of rotatable bonds is 10. The molecule has 23 heavy (non-hydrogen) atoms. The van der Waals surface area contributed by atoms with Gasteiger partial charge in [-0.3, -0.25) is 4.79 Å². The lowest BCUT2D eigenvalue weighted by Gasteiger charge is -2.15. The molecule has 0 fully saturated rings. The number of carbonyl (C=O) groups excluding carboxylic acids is 1. The highest BCUT2D eigenvalue weighted by atomic mass is 16.5. The highest BCUT2D eigenvalue weighted by molar-refractivity contribution is 5.97. The molecule has 0 aromatic heterocycles. The number of hydrogen-bond acceptors (Lipinski definition) is 4. The van der Waals surface area contributed by atoms with Crippen LogP contribution in [0.5, 0.6) is 11.5 Å². The second kappa shape index (κ2) is 9.71. The minimum atomic E-state index is -1.05. The Morgan fingerprint density at radius 1 is 1.17 bits per heavy atom. The molecule has 1 rings (SSSR count). The molecule has 1 unspecified atom stereocenters. The van der Waals surface area contributed by atoms with Gasteiger partial charge in [0.15, 0.2) is 11.5 Å². The van der Waals surface area contributed by atoms with Gasteiger partial charge in [0, 0.05) is 5.56 Å². The van der Waals surface area contributed by atoms with Gasteiger partial charge in [0.25, 0.3) is 5.91 Å². The molecule has 0 aliphatic carbocycles. The topological polar surface area (TPSA) is 84.9 Å². The molecule has 1 amide bonds. The number of carbonyl (C=O) groups is 2. The zero-order chi connectivity index (χ0) is 17.2. The molecule has 0 spiro atoms. The lowest BCUT2D eigenvalue weighted by molar-refractivity contribution is -0.139. The zero-order valence-corrected chi connectivity index (χ0v) is 13.9. The predicted octanol–water partition coefficient (Wildman–Crippen LogP) is 2.86. The summed E-state index contributed by atoms with van der Waals surface area (Å²) < 4.78 is 11.2. The minimum Gasteiger partial charge on any atom is -0.490 e. The van der Waals surface area contributed by atoms with E-state index in [1.165, 1.54) is 0 Å². The van der Waals surface area contributed by atoms with Gasteiger partial charge in [0.05, 0.1) is 13.2 Å². The SMILES string of the molecule is CCCCOc1ccc(C(=O)NC(CC)C(=O)O)cc1OCC. The van der Waals surface area contributed by atoms with E-state index in [1.807, 2.05) is 6.92 Å². The first-order chi connectivity index (χ1) is 11.0. The van der Waals surface area contributed by atoms with Gasteiger partial charge in [-0.05, 0) is 38.0 Å². The fraction of sp³-hybridized carbons (Fsp3) is 0.529. The van der Waals surface area contributed by atoms with E-state index in [1.54, 1.807) is 25.1 Å². The van der Waals surface area contributed by atoms with Crippen molar-refractivity contribution in [3.8, 4) is 11.5 Å². The van der Waals surface area contributed by atoms with Crippen molar-refractivity contribution in [3.63, 3.8) is 0 Å². The average molecular weight is 323 g/mol. The van der Waals surface area contributed by atoms with E-state index in [-0.39, 0.29) is 0 Å². The number of hydrogen-bond donors (Lipinski definition) is 2. The molecule has 6 heteroatoms. The summed E-state index contributed by atoms with van der Waals surface area (Å²) in [6.45, 7) is 6.66. The molecule has 2 N–H and O–H groups in total. The van der Waals surface area contributed by atoms with E-state index in [0.29, 0.717) is 36.7 Å². The van der Waals surface area contributed by atoms with Gasteiger partial charge in [0.2, 0.25) is 0 Å². The first-order valence-corrected chi connectivity index (χ1v) is 7.96. The smallest absolute Gasteiger partial charge is 0.326 e. The summed E-state index contributed by atoms with van der Waals surface area (Å²) in [7, 11) is 0. The number of benzene rings is 1. The van der Waals surface area contributed by atoms with Gasteiger partial charge in [-0.2, -0.15) is 0 Å². The highest BCUT2D eigenvalue weighted by Crippen LogP contribution is 2.28. The van der Waals surface area contributed by atoms with Crippen molar-refractivity contribution in [2.45, 2.75) is 46.1 Å². The van der Waals surface area contributed by atoms with Crippen LogP contribution in [0.25, 0.3) is 0 Å².